The van der Waals surface area contributed by atoms with Crippen molar-refractivity contribution >= 4 is 28.5 Å². The van der Waals surface area contributed by atoms with Gasteiger partial charge in [0.1, 0.15) is 24.1 Å². The van der Waals surface area contributed by atoms with Crippen LogP contribution in [0.4, 0.5) is 0 Å². The quantitative estimate of drug-likeness (QED) is 0.204. The summed E-state index contributed by atoms with van der Waals surface area (Å²) in [7, 11) is 0. The molecule has 1 aliphatic rings. The molecular weight excluding hydrogens is 528 g/mol. The predicted molar refractivity (Wildman–Crippen MR) is 165 cm³/mol. The molecule has 3 aromatic rings. The zero-order chi connectivity index (χ0) is 30.4. The third-order valence-electron chi connectivity index (χ3n) is 8.63. The summed E-state index contributed by atoms with van der Waals surface area (Å²) in [4.78, 5) is 50.0. The normalized spacial score (nSPS) is 18.5. The molecule has 1 N–H and O–H groups in total. The minimum absolute atomic E-state index is 0.0454. The van der Waals surface area contributed by atoms with Crippen LogP contribution in [0, 0.1) is 19.8 Å². The number of hydrogen-bond acceptors (Lipinski definition) is 6. The van der Waals surface area contributed by atoms with Gasteiger partial charge in [-0.25, -0.2) is 9.97 Å². The van der Waals surface area contributed by atoms with Crippen molar-refractivity contribution in [3.8, 4) is 11.1 Å². The highest BCUT2D eigenvalue weighted by molar-refractivity contribution is 6.07. The maximum atomic E-state index is 13.8. The maximum Gasteiger partial charge on any atom is 0.245 e. The second-order valence-electron chi connectivity index (χ2n) is 12.0. The van der Waals surface area contributed by atoms with Gasteiger partial charge < -0.3 is 10.2 Å². The lowest BCUT2D eigenvalue weighted by Crippen LogP contribution is -2.49. The SMILES string of the molecule is CCCCCCCCCNC(=O)[C@@H]1C[C@H](C)[C@@H](C)N1C(=O)Cn1nc(C(C)=O)c2cc(-c3cnc(C)nc3)cc(C)c21. The maximum absolute atomic E-state index is 13.8. The number of aromatic nitrogens is 4. The van der Waals surface area contributed by atoms with Gasteiger partial charge in [-0.3, -0.25) is 19.1 Å². The number of likely N-dealkylation sites (tertiary alicyclic amines) is 1. The van der Waals surface area contributed by atoms with Crippen LogP contribution in [-0.2, 0) is 16.1 Å². The van der Waals surface area contributed by atoms with Crippen LogP contribution < -0.4 is 5.32 Å². The summed E-state index contributed by atoms with van der Waals surface area (Å²) in [5.74, 6) is 0.460. The average molecular weight is 575 g/mol. The van der Waals surface area contributed by atoms with Crippen LogP contribution in [0.1, 0.15) is 101 Å². The Kier molecular flexibility index (Phi) is 10.5. The number of rotatable bonds is 13. The monoisotopic (exact) mass is 574 g/mol. The summed E-state index contributed by atoms with van der Waals surface area (Å²) in [5.41, 5.74) is 3.68. The Bertz CT molecular complexity index is 1410. The highest BCUT2D eigenvalue weighted by atomic mass is 16.2. The molecule has 0 spiro atoms. The molecule has 42 heavy (non-hydrogen) atoms. The zero-order valence-corrected chi connectivity index (χ0v) is 26.1. The number of fused-ring (bicyclic) bond motifs is 1. The van der Waals surface area contributed by atoms with Crippen molar-refractivity contribution in [3.63, 3.8) is 0 Å². The van der Waals surface area contributed by atoms with Crippen LogP contribution in [0.3, 0.4) is 0 Å². The number of nitrogens with one attached hydrogen (secondary N) is 1. The Hall–Kier alpha value is -3.62. The van der Waals surface area contributed by atoms with E-state index in [9.17, 15) is 14.4 Å². The molecule has 9 nitrogen and oxygen atoms in total. The highest BCUT2D eigenvalue weighted by Crippen LogP contribution is 2.32. The summed E-state index contributed by atoms with van der Waals surface area (Å²) >= 11 is 0. The second-order valence-corrected chi connectivity index (χ2v) is 12.0. The van der Waals surface area contributed by atoms with Gasteiger partial charge >= 0.3 is 0 Å². The number of ketones is 1. The smallest absolute Gasteiger partial charge is 0.245 e. The van der Waals surface area contributed by atoms with E-state index in [0.717, 1.165) is 35.0 Å². The molecule has 9 heteroatoms. The van der Waals surface area contributed by atoms with Gasteiger partial charge in [-0.1, -0.05) is 52.4 Å². The van der Waals surface area contributed by atoms with E-state index in [1.165, 1.54) is 39.0 Å². The molecule has 2 aromatic heterocycles. The summed E-state index contributed by atoms with van der Waals surface area (Å²) in [6.45, 7) is 12.2. The van der Waals surface area contributed by atoms with Crippen LogP contribution in [0.25, 0.3) is 22.0 Å². The average Bonchev–Trinajstić information content (AvgIpc) is 3.47. The van der Waals surface area contributed by atoms with Crippen LogP contribution in [0.5, 0.6) is 0 Å². The van der Waals surface area contributed by atoms with E-state index in [-0.39, 0.29) is 36.1 Å². The van der Waals surface area contributed by atoms with Crippen molar-refractivity contribution in [2.45, 2.75) is 112 Å². The molecule has 1 aliphatic heterocycles. The number of Topliss-reactive ketones (excluding diaryl/α,β-unsaturated/α-hetero) is 1. The van der Waals surface area contributed by atoms with E-state index in [0.29, 0.717) is 29.9 Å². The van der Waals surface area contributed by atoms with E-state index in [1.807, 2.05) is 32.9 Å². The van der Waals surface area contributed by atoms with Crippen molar-refractivity contribution in [2.24, 2.45) is 5.92 Å². The standard InChI is InChI=1S/C33H46N6O3/c1-7-8-9-10-11-12-13-14-34-33(42)29-16-21(2)23(4)39(29)30(41)20-38-32-22(3)15-26(27-18-35-25(6)36-19-27)17-28(32)31(37-38)24(5)40/h15,17-19,21,23,29H,7-14,16,20H2,1-6H3,(H,34,42)/t21-,23+,29-/m0/s1. The van der Waals surface area contributed by atoms with Crippen molar-refractivity contribution < 1.29 is 14.4 Å². The van der Waals surface area contributed by atoms with Gasteiger partial charge in [0, 0.05) is 42.9 Å². The summed E-state index contributed by atoms with van der Waals surface area (Å²) in [5, 5.41) is 8.39. The predicted octanol–water partition coefficient (Wildman–Crippen LogP) is 5.81. The Morgan fingerprint density at radius 2 is 1.62 bits per heavy atom. The minimum Gasteiger partial charge on any atom is -0.354 e. The fourth-order valence-corrected chi connectivity index (χ4v) is 6.09. The molecule has 0 radical (unpaired) electrons. The van der Waals surface area contributed by atoms with Gasteiger partial charge in [0.15, 0.2) is 5.78 Å². The van der Waals surface area contributed by atoms with Crippen LogP contribution in [0.2, 0.25) is 0 Å². The Morgan fingerprint density at radius 3 is 2.29 bits per heavy atom. The van der Waals surface area contributed by atoms with Gasteiger partial charge in [-0.05, 0) is 62.8 Å². The van der Waals surface area contributed by atoms with Crippen LogP contribution in [0.15, 0.2) is 24.5 Å². The highest BCUT2D eigenvalue weighted by Gasteiger charge is 2.43. The number of unbranched alkanes of at least 4 members (excludes halogenated alkanes) is 6. The molecule has 0 unspecified atom stereocenters. The topological polar surface area (TPSA) is 110 Å². The largest absolute Gasteiger partial charge is 0.354 e. The lowest BCUT2D eigenvalue weighted by Gasteiger charge is -2.28. The van der Waals surface area contributed by atoms with E-state index in [4.69, 9.17) is 0 Å². The van der Waals surface area contributed by atoms with Crippen molar-refractivity contribution in [3.05, 3.63) is 41.6 Å². The molecule has 2 amide bonds. The number of amides is 2. The number of aryl methyl sites for hydroxylation is 2. The summed E-state index contributed by atoms with van der Waals surface area (Å²) in [6.07, 6.45) is 12.5. The Labute approximate surface area is 249 Å². The second kappa shape index (κ2) is 14.0. The first-order valence-corrected chi connectivity index (χ1v) is 15.5. The first kappa shape index (κ1) is 31.3. The third-order valence-corrected chi connectivity index (χ3v) is 8.63. The van der Waals surface area contributed by atoms with Crippen molar-refractivity contribution in [2.75, 3.05) is 6.54 Å². The molecule has 0 bridgehead atoms. The minimum atomic E-state index is -0.504. The molecule has 3 atom stereocenters. The molecule has 0 saturated carbocycles. The third kappa shape index (κ3) is 7.05. The van der Waals surface area contributed by atoms with Gasteiger partial charge in [0.25, 0.3) is 0 Å². The van der Waals surface area contributed by atoms with Gasteiger partial charge in [-0.2, -0.15) is 5.10 Å². The molecule has 4 rings (SSSR count). The fourth-order valence-electron chi connectivity index (χ4n) is 6.09. The number of carbonyl (C=O) groups excluding carboxylic acids is 3. The van der Waals surface area contributed by atoms with E-state index in [1.54, 1.807) is 22.0 Å². The molecule has 1 fully saturated rings. The van der Waals surface area contributed by atoms with Crippen molar-refractivity contribution in [1.29, 1.82) is 0 Å². The lowest BCUT2D eigenvalue weighted by atomic mass is 10.0. The van der Waals surface area contributed by atoms with E-state index >= 15 is 0 Å². The Balaban J connectivity index is 1.50. The molecule has 1 saturated heterocycles. The van der Waals surface area contributed by atoms with Crippen LogP contribution in [-0.4, -0.2) is 60.9 Å². The zero-order valence-electron chi connectivity index (χ0n) is 26.1. The summed E-state index contributed by atoms with van der Waals surface area (Å²) < 4.78 is 1.63. The van der Waals surface area contributed by atoms with Gasteiger partial charge in [0.05, 0.1) is 5.52 Å². The first-order valence-electron chi connectivity index (χ1n) is 15.5. The van der Waals surface area contributed by atoms with E-state index < -0.39 is 6.04 Å². The van der Waals surface area contributed by atoms with Crippen molar-refractivity contribution in [1.82, 2.24) is 30.0 Å². The molecule has 0 aliphatic carbocycles. The van der Waals surface area contributed by atoms with E-state index in [2.05, 4.69) is 34.2 Å². The number of nitrogens with zero attached hydrogens (tertiary/aromatic N) is 5. The van der Waals surface area contributed by atoms with Gasteiger partial charge in [-0.15, -0.1) is 0 Å². The lowest BCUT2D eigenvalue weighted by molar-refractivity contribution is -0.140. The fraction of sp³-hybridized carbons (Fsp3) is 0.576. The molecular formula is C33H46N6O3. The van der Waals surface area contributed by atoms with Crippen LogP contribution >= 0.6 is 0 Å². The first-order chi connectivity index (χ1) is 20.1. The Morgan fingerprint density at radius 1 is 0.952 bits per heavy atom. The molecule has 226 valence electrons. The van der Waals surface area contributed by atoms with Gasteiger partial charge in [0.2, 0.25) is 11.8 Å². The number of carbonyl (C=O) groups is 3. The molecule has 1 aromatic carbocycles. The number of benzene rings is 1. The summed E-state index contributed by atoms with van der Waals surface area (Å²) in [6, 6.07) is 3.34. The molecule has 3 heterocycles. The number of hydrogen-bond donors (Lipinski definition) is 1.